The number of nitrogens with one attached hydrogen (secondary N) is 2. The molecule has 0 aliphatic carbocycles. The van der Waals surface area contributed by atoms with Crippen LogP contribution < -0.4 is 10.6 Å². The first-order valence-corrected chi connectivity index (χ1v) is 10.3. The maximum absolute atomic E-state index is 13.5. The summed E-state index contributed by atoms with van der Waals surface area (Å²) in [7, 11) is 0. The van der Waals surface area contributed by atoms with Crippen molar-refractivity contribution in [2.45, 2.75) is 19.3 Å². The Morgan fingerprint density at radius 2 is 1.78 bits per heavy atom. The smallest absolute Gasteiger partial charge is 0.306 e. The maximum Gasteiger partial charge on any atom is 0.306 e. The van der Waals surface area contributed by atoms with Crippen molar-refractivity contribution >= 4 is 45.0 Å². The van der Waals surface area contributed by atoms with Gasteiger partial charge in [-0.15, -0.1) is 11.3 Å². The Morgan fingerprint density at radius 1 is 1.00 bits per heavy atom. The second kappa shape index (κ2) is 10.7. The summed E-state index contributed by atoms with van der Waals surface area (Å²) >= 11 is 1.55. The van der Waals surface area contributed by atoms with Crippen LogP contribution in [0.1, 0.15) is 17.8 Å². The van der Waals surface area contributed by atoms with Crippen LogP contribution >= 0.6 is 11.3 Å². The Hall–Kier alpha value is -3.47. The summed E-state index contributed by atoms with van der Waals surface area (Å²) in [5, 5.41) is 5.08. The van der Waals surface area contributed by atoms with Crippen molar-refractivity contribution in [2.75, 3.05) is 18.5 Å². The monoisotopic (exact) mass is 465 g/mol. The van der Waals surface area contributed by atoms with Crippen molar-refractivity contribution in [3.05, 3.63) is 58.9 Å². The molecule has 32 heavy (non-hydrogen) atoms. The van der Waals surface area contributed by atoms with Crippen molar-refractivity contribution in [3.8, 4) is 0 Å². The molecule has 2 aromatic carbocycles. The lowest BCUT2D eigenvalue weighted by molar-refractivity contribution is -0.148. The number of para-hydroxylation sites is 1. The first kappa shape index (κ1) is 23.2. The number of aryl methyl sites for hydroxylation is 1. The van der Waals surface area contributed by atoms with E-state index in [1.54, 1.807) is 11.3 Å². The second-order valence-electron chi connectivity index (χ2n) is 6.64. The Morgan fingerprint density at radius 3 is 2.56 bits per heavy atom. The number of halogens is 3. The lowest BCUT2D eigenvalue weighted by Crippen LogP contribution is -2.35. The van der Waals surface area contributed by atoms with Crippen molar-refractivity contribution in [1.82, 2.24) is 10.3 Å². The van der Waals surface area contributed by atoms with Gasteiger partial charge in [0, 0.05) is 6.42 Å². The number of fused-ring (bicyclic) bond motifs is 1. The average Bonchev–Trinajstić information content (AvgIpc) is 3.19. The maximum atomic E-state index is 13.5. The highest BCUT2D eigenvalue weighted by Crippen LogP contribution is 2.23. The minimum Gasteiger partial charge on any atom is -0.456 e. The number of aromatic nitrogens is 1. The average molecular weight is 465 g/mol. The molecule has 168 valence electrons. The van der Waals surface area contributed by atoms with Crippen LogP contribution in [-0.2, 0) is 25.5 Å². The van der Waals surface area contributed by atoms with E-state index < -0.39 is 54.1 Å². The fraction of sp³-hybridized carbons (Fsp3) is 0.238. The van der Waals surface area contributed by atoms with E-state index in [-0.39, 0.29) is 6.42 Å². The fourth-order valence-electron chi connectivity index (χ4n) is 2.68. The van der Waals surface area contributed by atoms with Crippen LogP contribution in [0.3, 0.4) is 0 Å². The Balaban J connectivity index is 1.33. The molecule has 2 amide bonds. The molecular formula is C21H18F3N3O4S. The predicted molar refractivity (Wildman–Crippen MR) is 111 cm³/mol. The van der Waals surface area contributed by atoms with E-state index in [1.165, 1.54) is 0 Å². The topological polar surface area (TPSA) is 97.4 Å². The fourth-order valence-corrected chi connectivity index (χ4v) is 3.68. The summed E-state index contributed by atoms with van der Waals surface area (Å²) in [6, 6.07) is 9.22. The summed E-state index contributed by atoms with van der Waals surface area (Å²) in [6.07, 6.45) is 1.20. The predicted octanol–water partition coefficient (Wildman–Crippen LogP) is 3.33. The molecule has 0 bridgehead atoms. The third kappa shape index (κ3) is 6.27. The zero-order valence-electron chi connectivity index (χ0n) is 16.6. The largest absolute Gasteiger partial charge is 0.456 e. The number of hydrogen-bond acceptors (Lipinski definition) is 6. The zero-order valence-corrected chi connectivity index (χ0v) is 17.4. The summed E-state index contributed by atoms with van der Waals surface area (Å²) in [6.45, 7) is -1.17. The molecule has 1 heterocycles. The van der Waals surface area contributed by atoms with E-state index in [2.05, 4.69) is 10.3 Å². The van der Waals surface area contributed by atoms with E-state index in [0.29, 0.717) is 18.9 Å². The highest BCUT2D eigenvalue weighted by Gasteiger charge is 2.16. The minimum atomic E-state index is -1.72. The van der Waals surface area contributed by atoms with Gasteiger partial charge in [-0.2, -0.15) is 0 Å². The molecule has 0 atom stereocenters. The summed E-state index contributed by atoms with van der Waals surface area (Å²) in [4.78, 5) is 39.7. The minimum absolute atomic E-state index is 0.0963. The molecule has 0 saturated heterocycles. The van der Waals surface area contributed by atoms with Crippen LogP contribution in [-0.4, -0.2) is 35.9 Å². The van der Waals surface area contributed by atoms with Crippen LogP contribution in [0.15, 0.2) is 36.4 Å². The normalized spacial score (nSPS) is 10.7. The molecule has 0 aliphatic rings. The molecule has 11 heteroatoms. The summed E-state index contributed by atoms with van der Waals surface area (Å²) in [5.41, 5.74) is 0.339. The van der Waals surface area contributed by atoms with Crippen molar-refractivity contribution in [1.29, 1.82) is 0 Å². The first-order valence-electron chi connectivity index (χ1n) is 9.53. The molecule has 0 spiro atoms. The Kier molecular flexibility index (Phi) is 7.77. The van der Waals surface area contributed by atoms with Crippen molar-refractivity contribution < 1.29 is 32.3 Å². The van der Waals surface area contributed by atoms with Crippen LogP contribution in [0.25, 0.3) is 10.2 Å². The van der Waals surface area contributed by atoms with E-state index in [4.69, 9.17) is 4.74 Å². The van der Waals surface area contributed by atoms with Crippen molar-refractivity contribution in [2.24, 2.45) is 0 Å². The molecular weight excluding hydrogens is 447 g/mol. The van der Waals surface area contributed by atoms with Gasteiger partial charge in [-0.1, -0.05) is 12.1 Å². The number of esters is 1. The number of amides is 2. The van der Waals surface area contributed by atoms with Crippen LogP contribution in [0.4, 0.5) is 18.9 Å². The molecule has 0 fully saturated rings. The number of ether oxygens (including phenoxy) is 1. The molecule has 0 radical (unpaired) electrons. The van der Waals surface area contributed by atoms with E-state index in [1.807, 2.05) is 29.6 Å². The van der Waals surface area contributed by atoms with E-state index >= 15 is 0 Å². The number of rotatable bonds is 9. The molecule has 0 saturated carbocycles. The van der Waals surface area contributed by atoms with Gasteiger partial charge in [0.15, 0.2) is 24.1 Å². The molecule has 0 unspecified atom stereocenters. The van der Waals surface area contributed by atoms with Crippen LogP contribution in [0, 0.1) is 17.5 Å². The molecule has 3 rings (SSSR count). The Labute approximate surface area is 184 Å². The number of anilines is 1. The molecule has 2 N–H and O–H groups in total. The van der Waals surface area contributed by atoms with Gasteiger partial charge >= 0.3 is 5.97 Å². The quantitative estimate of drug-likeness (QED) is 0.373. The molecule has 7 nitrogen and oxygen atoms in total. The summed E-state index contributed by atoms with van der Waals surface area (Å²) < 4.78 is 45.5. The van der Waals surface area contributed by atoms with E-state index in [0.717, 1.165) is 21.3 Å². The zero-order chi connectivity index (χ0) is 23.1. The third-order valence-corrected chi connectivity index (χ3v) is 5.33. The summed E-state index contributed by atoms with van der Waals surface area (Å²) in [5.74, 6) is -6.85. The number of carbonyl (C=O) groups is 3. The number of benzene rings is 2. The van der Waals surface area contributed by atoms with Gasteiger partial charge in [0.2, 0.25) is 5.91 Å². The molecule has 0 aliphatic heterocycles. The van der Waals surface area contributed by atoms with Gasteiger partial charge < -0.3 is 15.4 Å². The van der Waals surface area contributed by atoms with Gasteiger partial charge in [-0.3, -0.25) is 14.4 Å². The lowest BCUT2D eigenvalue weighted by Gasteiger charge is -2.09. The second-order valence-corrected chi connectivity index (χ2v) is 7.75. The van der Waals surface area contributed by atoms with Gasteiger partial charge in [0.25, 0.3) is 5.91 Å². The number of nitrogens with zero attached hydrogens (tertiary/aromatic N) is 1. The third-order valence-electron chi connectivity index (χ3n) is 4.23. The van der Waals surface area contributed by atoms with Gasteiger partial charge in [0.1, 0.15) is 0 Å². The number of carbonyl (C=O) groups excluding carboxylic acids is 3. The first-order chi connectivity index (χ1) is 15.3. The van der Waals surface area contributed by atoms with Gasteiger partial charge in [-0.25, -0.2) is 18.2 Å². The molecule has 3 aromatic rings. The highest BCUT2D eigenvalue weighted by atomic mass is 32.1. The standard InChI is InChI=1S/C21H18F3N3O4S/c22-12-8-9-14(21(24)20(12)23)26-16(28)10-25-17(29)11-31-19(30)7-3-6-18-27-13-4-1-2-5-15(13)32-18/h1-2,4-5,8-9H,3,6-7,10-11H2,(H,25,29)(H,26,28). The van der Waals surface area contributed by atoms with Gasteiger partial charge in [-0.05, 0) is 37.1 Å². The SMILES string of the molecule is O=C(COC(=O)CCCc1nc2ccccc2s1)NCC(=O)Nc1ccc(F)c(F)c1F. The van der Waals surface area contributed by atoms with Crippen LogP contribution in [0.5, 0.6) is 0 Å². The van der Waals surface area contributed by atoms with E-state index in [9.17, 15) is 27.6 Å². The van der Waals surface area contributed by atoms with Crippen LogP contribution in [0.2, 0.25) is 0 Å². The molecule has 1 aromatic heterocycles. The van der Waals surface area contributed by atoms with Gasteiger partial charge in [0.05, 0.1) is 27.5 Å². The van der Waals surface area contributed by atoms with Crippen molar-refractivity contribution in [3.63, 3.8) is 0 Å². The number of hydrogen-bond donors (Lipinski definition) is 2. The number of thiazole rings is 1. The highest BCUT2D eigenvalue weighted by molar-refractivity contribution is 7.18. The lowest BCUT2D eigenvalue weighted by atomic mass is 10.2. The Bertz CT molecular complexity index is 1120.